The van der Waals surface area contributed by atoms with Gasteiger partial charge in [0, 0.05) is 18.3 Å². The minimum absolute atomic E-state index is 0.180. The number of amides is 1. The quantitative estimate of drug-likeness (QED) is 0.887. The fourth-order valence-electron chi connectivity index (χ4n) is 2.48. The van der Waals surface area contributed by atoms with Crippen LogP contribution in [0.5, 0.6) is 0 Å². The van der Waals surface area contributed by atoms with Crippen LogP contribution in [0.3, 0.4) is 0 Å². The van der Waals surface area contributed by atoms with Crippen LogP contribution in [0, 0.1) is 6.92 Å². The second kappa shape index (κ2) is 5.53. The number of nitrogens with one attached hydrogen (secondary N) is 1. The first kappa shape index (κ1) is 13.1. The van der Waals surface area contributed by atoms with Crippen molar-refractivity contribution >= 4 is 11.6 Å². The summed E-state index contributed by atoms with van der Waals surface area (Å²) in [6.45, 7) is 7.47. The maximum Gasteiger partial charge on any atom is 0.240 e. The summed E-state index contributed by atoms with van der Waals surface area (Å²) in [6.07, 6.45) is 2.14. The molecule has 0 spiro atoms. The van der Waals surface area contributed by atoms with Gasteiger partial charge in [-0.15, -0.1) is 0 Å². The summed E-state index contributed by atoms with van der Waals surface area (Å²) in [5.74, 6) is 0.180. The van der Waals surface area contributed by atoms with E-state index >= 15 is 0 Å². The number of nitrogens with zero attached hydrogens (tertiary/aromatic N) is 1. The molecule has 1 aromatic carbocycles. The Labute approximate surface area is 109 Å². The smallest absolute Gasteiger partial charge is 0.240 e. The summed E-state index contributed by atoms with van der Waals surface area (Å²) >= 11 is 0. The molecule has 0 atom stereocenters. The van der Waals surface area contributed by atoms with Crippen LogP contribution >= 0.6 is 0 Å². The molecule has 0 radical (unpaired) electrons. The molecule has 0 aromatic heterocycles. The lowest BCUT2D eigenvalue weighted by atomic mass is 9.98. The standard InChI is InChI=1S/C15H22N2O/c1-11(2)16-10-14(18)17-9-5-8-13-7-4-6-12(3)15(13)17/h4,6-7,11,16H,5,8-10H2,1-3H3. The molecule has 1 aliphatic heterocycles. The molecule has 1 aliphatic rings. The van der Waals surface area contributed by atoms with Crippen molar-refractivity contribution in [2.45, 2.75) is 39.7 Å². The molecule has 3 nitrogen and oxygen atoms in total. The Morgan fingerprint density at radius 3 is 2.94 bits per heavy atom. The molecular formula is C15H22N2O. The lowest BCUT2D eigenvalue weighted by Gasteiger charge is -2.31. The molecule has 0 bridgehead atoms. The Hall–Kier alpha value is -1.35. The molecule has 1 N–H and O–H groups in total. The number of anilines is 1. The third-order valence-corrected chi connectivity index (χ3v) is 3.38. The summed E-state index contributed by atoms with van der Waals surface area (Å²) in [5.41, 5.74) is 3.64. The zero-order valence-corrected chi connectivity index (χ0v) is 11.5. The molecule has 98 valence electrons. The van der Waals surface area contributed by atoms with Gasteiger partial charge in [0.1, 0.15) is 0 Å². The second-order valence-corrected chi connectivity index (χ2v) is 5.27. The highest BCUT2D eigenvalue weighted by molar-refractivity contribution is 5.96. The van der Waals surface area contributed by atoms with E-state index in [1.165, 1.54) is 11.1 Å². The van der Waals surface area contributed by atoms with Gasteiger partial charge in [0.2, 0.25) is 5.91 Å². The van der Waals surface area contributed by atoms with E-state index in [2.05, 4.69) is 44.3 Å². The number of rotatable bonds is 3. The second-order valence-electron chi connectivity index (χ2n) is 5.27. The lowest BCUT2D eigenvalue weighted by molar-refractivity contribution is -0.118. The number of benzene rings is 1. The molecule has 1 aromatic rings. The van der Waals surface area contributed by atoms with Gasteiger partial charge in [0.15, 0.2) is 0 Å². The normalized spacial score (nSPS) is 14.8. The Morgan fingerprint density at radius 2 is 2.22 bits per heavy atom. The van der Waals surface area contributed by atoms with Crippen molar-refractivity contribution in [2.75, 3.05) is 18.0 Å². The molecule has 2 rings (SSSR count). The predicted octanol–water partition coefficient (Wildman–Crippen LogP) is 2.27. The molecular weight excluding hydrogens is 224 g/mol. The number of aryl methyl sites for hydroxylation is 2. The fraction of sp³-hybridized carbons (Fsp3) is 0.533. The number of carbonyl (C=O) groups excluding carboxylic acids is 1. The van der Waals surface area contributed by atoms with E-state index < -0.39 is 0 Å². The summed E-state index contributed by atoms with van der Waals surface area (Å²) in [5, 5.41) is 3.20. The average Bonchev–Trinajstić information content (AvgIpc) is 2.35. The van der Waals surface area contributed by atoms with E-state index in [1.54, 1.807) is 0 Å². The van der Waals surface area contributed by atoms with Crippen molar-refractivity contribution in [1.82, 2.24) is 5.32 Å². The molecule has 0 fully saturated rings. The van der Waals surface area contributed by atoms with Gasteiger partial charge in [0.05, 0.1) is 6.54 Å². The minimum Gasteiger partial charge on any atom is -0.311 e. The molecule has 18 heavy (non-hydrogen) atoms. The highest BCUT2D eigenvalue weighted by Gasteiger charge is 2.23. The van der Waals surface area contributed by atoms with E-state index in [1.807, 2.05) is 4.90 Å². The van der Waals surface area contributed by atoms with E-state index in [0.717, 1.165) is 25.1 Å². The minimum atomic E-state index is 0.180. The van der Waals surface area contributed by atoms with Crippen molar-refractivity contribution in [3.63, 3.8) is 0 Å². The highest BCUT2D eigenvalue weighted by Crippen LogP contribution is 2.30. The van der Waals surface area contributed by atoms with Crippen LogP contribution in [0.15, 0.2) is 18.2 Å². The van der Waals surface area contributed by atoms with Crippen LogP contribution in [-0.4, -0.2) is 25.0 Å². The third-order valence-electron chi connectivity index (χ3n) is 3.38. The number of para-hydroxylation sites is 1. The fourth-order valence-corrected chi connectivity index (χ4v) is 2.48. The van der Waals surface area contributed by atoms with Gasteiger partial charge in [-0.05, 0) is 30.9 Å². The van der Waals surface area contributed by atoms with E-state index in [-0.39, 0.29) is 5.91 Å². The van der Waals surface area contributed by atoms with Gasteiger partial charge >= 0.3 is 0 Å². The van der Waals surface area contributed by atoms with Crippen molar-refractivity contribution in [2.24, 2.45) is 0 Å². The number of hydrogen-bond acceptors (Lipinski definition) is 2. The summed E-state index contributed by atoms with van der Waals surface area (Å²) in [6, 6.07) is 6.64. The SMILES string of the molecule is Cc1cccc2c1N(C(=O)CNC(C)C)CCC2. The molecule has 0 unspecified atom stereocenters. The first-order valence-corrected chi connectivity index (χ1v) is 6.72. The van der Waals surface area contributed by atoms with Gasteiger partial charge in [-0.25, -0.2) is 0 Å². The number of carbonyl (C=O) groups is 1. The first-order chi connectivity index (χ1) is 8.59. The van der Waals surface area contributed by atoms with Crippen molar-refractivity contribution in [1.29, 1.82) is 0 Å². The van der Waals surface area contributed by atoms with Crippen LogP contribution in [-0.2, 0) is 11.2 Å². The van der Waals surface area contributed by atoms with Crippen LogP contribution in [0.1, 0.15) is 31.4 Å². The molecule has 1 heterocycles. The summed E-state index contributed by atoms with van der Waals surface area (Å²) in [4.78, 5) is 14.2. The van der Waals surface area contributed by atoms with E-state index in [0.29, 0.717) is 12.6 Å². The Kier molecular flexibility index (Phi) is 4.02. The Morgan fingerprint density at radius 1 is 1.44 bits per heavy atom. The first-order valence-electron chi connectivity index (χ1n) is 6.72. The van der Waals surface area contributed by atoms with E-state index in [4.69, 9.17) is 0 Å². The molecule has 0 saturated heterocycles. The largest absolute Gasteiger partial charge is 0.311 e. The van der Waals surface area contributed by atoms with Gasteiger partial charge in [0.25, 0.3) is 0 Å². The maximum absolute atomic E-state index is 12.3. The zero-order valence-electron chi connectivity index (χ0n) is 11.5. The number of hydrogen-bond donors (Lipinski definition) is 1. The van der Waals surface area contributed by atoms with Gasteiger partial charge < -0.3 is 10.2 Å². The molecule has 1 amide bonds. The van der Waals surface area contributed by atoms with Crippen LogP contribution in [0.25, 0.3) is 0 Å². The van der Waals surface area contributed by atoms with Gasteiger partial charge in [-0.2, -0.15) is 0 Å². The molecule has 3 heteroatoms. The third kappa shape index (κ3) is 2.72. The maximum atomic E-state index is 12.3. The number of fused-ring (bicyclic) bond motifs is 1. The lowest BCUT2D eigenvalue weighted by Crippen LogP contribution is -2.43. The average molecular weight is 246 g/mol. The van der Waals surface area contributed by atoms with Crippen molar-refractivity contribution in [3.05, 3.63) is 29.3 Å². The van der Waals surface area contributed by atoms with Crippen LogP contribution in [0.2, 0.25) is 0 Å². The van der Waals surface area contributed by atoms with Crippen molar-refractivity contribution < 1.29 is 4.79 Å². The van der Waals surface area contributed by atoms with Crippen molar-refractivity contribution in [3.8, 4) is 0 Å². The Bertz CT molecular complexity index is 440. The zero-order chi connectivity index (χ0) is 13.1. The van der Waals surface area contributed by atoms with Gasteiger partial charge in [-0.3, -0.25) is 4.79 Å². The summed E-state index contributed by atoms with van der Waals surface area (Å²) < 4.78 is 0. The van der Waals surface area contributed by atoms with Gasteiger partial charge in [-0.1, -0.05) is 32.0 Å². The van der Waals surface area contributed by atoms with Crippen LogP contribution < -0.4 is 10.2 Å². The molecule has 0 saturated carbocycles. The predicted molar refractivity (Wildman–Crippen MR) is 75.0 cm³/mol. The van der Waals surface area contributed by atoms with E-state index in [9.17, 15) is 4.79 Å². The monoisotopic (exact) mass is 246 g/mol. The molecule has 0 aliphatic carbocycles. The highest BCUT2D eigenvalue weighted by atomic mass is 16.2. The summed E-state index contributed by atoms with van der Waals surface area (Å²) in [7, 11) is 0. The van der Waals surface area contributed by atoms with Crippen LogP contribution in [0.4, 0.5) is 5.69 Å². The topological polar surface area (TPSA) is 32.3 Å². The Balaban J connectivity index is 2.19.